The van der Waals surface area contributed by atoms with Crippen LogP contribution < -0.4 is 5.11 Å². The first kappa shape index (κ1) is 15.6. The molecule has 2 unspecified atom stereocenters. The highest BCUT2D eigenvalue weighted by Crippen LogP contribution is 2.34. The van der Waals surface area contributed by atoms with Crippen molar-refractivity contribution < 1.29 is 9.90 Å². The van der Waals surface area contributed by atoms with Gasteiger partial charge in [-0.15, -0.1) is 0 Å². The molecule has 0 bridgehead atoms. The van der Waals surface area contributed by atoms with E-state index < -0.39 is 6.09 Å². The van der Waals surface area contributed by atoms with Gasteiger partial charge in [-0.2, -0.15) is 0 Å². The van der Waals surface area contributed by atoms with Crippen molar-refractivity contribution in [2.24, 2.45) is 11.3 Å². The van der Waals surface area contributed by atoms with Crippen LogP contribution in [0.15, 0.2) is 0 Å². The van der Waals surface area contributed by atoms with Crippen molar-refractivity contribution >= 4 is 6.09 Å². The molecule has 20 heavy (non-hydrogen) atoms. The summed E-state index contributed by atoms with van der Waals surface area (Å²) in [7, 11) is 0. The van der Waals surface area contributed by atoms with Gasteiger partial charge >= 0.3 is 0 Å². The molecule has 2 fully saturated rings. The van der Waals surface area contributed by atoms with Crippen molar-refractivity contribution in [1.82, 2.24) is 9.80 Å². The Hall–Kier alpha value is -0.770. The van der Waals surface area contributed by atoms with Crippen molar-refractivity contribution in [2.75, 3.05) is 26.2 Å². The van der Waals surface area contributed by atoms with E-state index in [4.69, 9.17) is 0 Å². The van der Waals surface area contributed by atoms with Gasteiger partial charge < -0.3 is 19.7 Å². The topological polar surface area (TPSA) is 46.6 Å². The molecule has 4 nitrogen and oxygen atoms in total. The average molecular weight is 281 g/mol. The van der Waals surface area contributed by atoms with Gasteiger partial charge in [-0.05, 0) is 50.1 Å². The Labute approximate surface area is 123 Å². The van der Waals surface area contributed by atoms with E-state index in [1.54, 1.807) is 4.90 Å². The van der Waals surface area contributed by atoms with Gasteiger partial charge in [0.2, 0.25) is 0 Å². The van der Waals surface area contributed by atoms with Crippen molar-refractivity contribution in [1.29, 1.82) is 0 Å². The second-order valence-electron chi connectivity index (χ2n) is 7.59. The molecular weight excluding hydrogens is 252 g/mol. The zero-order valence-corrected chi connectivity index (χ0v) is 13.2. The van der Waals surface area contributed by atoms with Crippen LogP contribution in [0, 0.1) is 11.3 Å². The first-order chi connectivity index (χ1) is 9.38. The van der Waals surface area contributed by atoms with E-state index >= 15 is 0 Å². The third-order valence-electron chi connectivity index (χ3n) is 4.91. The van der Waals surface area contributed by atoms with Crippen LogP contribution in [0.1, 0.15) is 52.9 Å². The molecule has 0 spiro atoms. The predicted octanol–water partition coefficient (Wildman–Crippen LogP) is 1.94. The van der Waals surface area contributed by atoms with Crippen LogP contribution in [0.25, 0.3) is 0 Å². The molecule has 2 saturated heterocycles. The minimum atomic E-state index is -0.999. The molecule has 0 N–H and O–H groups in total. The molecule has 2 atom stereocenters. The monoisotopic (exact) mass is 281 g/mol. The molecular formula is C16H29N2O2-. The normalized spacial score (nSPS) is 29.4. The van der Waals surface area contributed by atoms with E-state index in [9.17, 15) is 9.90 Å². The zero-order chi connectivity index (χ0) is 14.8. The number of rotatable bonds is 2. The summed E-state index contributed by atoms with van der Waals surface area (Å²) in [6.07, 6.45) is 4.97. The fourth-order valence-corrected chi connectivity index (χ4v) is 3.75. The van der Waals surface area contributed by atoms with Crippen molar-refractivity contribution in [3.8, 4) is 0 Å². The van der Waals surface area contributed by atoms with Gasteiger partial charge in [0.15, 0.2) is 0 Å². The number of carbonyl (C=O) groups excluding carboxylic acids is 1. The Morgan fingerprint density at radius 1 is 1.15 bits per heavy atom. The SMILES string of the molecule is CC(C)(C)C1CC(CN2CCCCC2)CCN1C(=O)[O-]. The largest absolute Gasteiger partial charge is 0.530 e. The number of nitrogens with zero attached hydrogens (tertiary/aromatic N) is 2. The Morgan fingerprint density at radius 3 is 2.35 bits per heavy atom. The Bertz CT molecular complexity index is 332. The highest BCUT2D eigenvalue weighted by atomic mass is 16.4. The number of carbonyl (C=O) groups is 1. The summed E-state index contributed by atoms with van der Waals surface area (Å²) in [4.78, 5) is 15.4. The maximum Gasteiger partial charge on any atom is 0.137 e. The highest BCUT2D eigenvalue weighted by molar-refractivity contribution is 5.63. The third-order valence-corrected chi connectivity index (χ3v) is 4.91. The Kier molecular flexibility index (Phi) is 4.95. The van der Waals surface area contributed by atoms with E-state index in [0.717, 1.165) is 19.4 Å². The molecule has 1 amide bonds. The fourth-order valence-electron chi connectivity index (χ4n) is 3.75. The third kappa shape index (κ3) is 3.87. The molecule has 0 saturated carbocycles. The van der Waals surface area contributed by atoms with E-state index in [0.29, 0.717) is 12.5 Å². The Balaban J connectivity index is 1.95. The van der Waals surface area contributed by atoms with Gasteiger partial charge in [-0.25, -0.2) is 0 Å². The van der Waals surface area contributed by atoms with Crippen molar-refractivity contribution in [3.05, 3.63) is 0 Å². The lowest BCUT2D eigenvalue weighted by Crippen LogP contribution is -2.56. The lowest BCUT2D eigenvalue weighted by molar-refractivity contribution is -0.272. The van der Waals surface area contributed by atoms with Crippen LogP contribution in [0.3, 0.4) is 0 Å². The highest BCUT2D eigenvalue weighted by Gasteiger charge is 2.36. The lowest BCUT2D eigenvalue weighted by atomic mass is 9.77. The summed E-state index contributed by atoms with van der Waals surface area (Å²) in [5.74, 6) is 0.632. The second kappa shape index (κ2) is 6.33. The number of piperidine rings is 2. The summed E-state index contributed by atoms with van der Waals surface area (Å²) in [6, 6.07) is 0.0936. The molecule has 2 aliphatic heterocycles. The van der Waals surface area contributed by atoms with Crippen molar-refractivity contribution in [3.63, 3.8) is 0 Å². The molecule has 2 rings (SSSR count). The first-order valence-electron chi connectivity index (χ1n) is 8.08. The first-order valence-corrected chi connectivity index (χ1v) is 8.08. The summed E-state index contributed by atoms with van der Waals surface area (Å²) in [6.45, 7) is 10.6. The van der Waals surface area contributed by atoms with Crippen LogP contribution in [-0.4, -0.2) is 48.1 Å². The number of hydrogen-bond acceptors (Lipinski definition) is 3. The minimum Gasteiger partial charge on any atom is -0.530 e. The number of amides is 1. The second-order valence-corrected chi connectivity index (χ2v) is 7.59. The van der Waals surface area contributed by atoms with E-state index in [1.165, 1.54) is 32.4 Å². The van der Waals surface area contributed by atoms with Crippen LogP contribution in [0.5, 0.6) is 0 Å². The number of hydrogen-bond donors (Lipinski definition) is 0. The molecule has 0 radical (unpaired) electrons. The fraction of sp³-hybridized carbons (Fsp3) is 0.938. The van der Waals surface area contributed by atoms with Gasteiger partial charge in [-0.3, -0.25) is 0 Å². The summed E-state index contributed by atoms with van der Waals surface area (Å²) >= 11 is 0. The number of carboxylic acid groups (broad SMARTS) is 1. The lowest BCUT2D eigenvalue weighted by Gasteiger charge is -2.48. The van der Waals surface area contributed by atoms with E-state index in [-0.39, 0.29) is 11.5 Å². The molecule has 2 aliphatic rings. The predicted molar refractivity (Wildman–Crippen MR) is 78.4 cm³/mol. The smallest absolute Gasteiger partial charge is 0.137 e. The summed E-state index contributed by atoms with van der Waals surface area (Å²) in [5, 5.41) is 11.3. The minimum absolute atomic E-state index is 0.0133. The van der Waals surface area contributed by atoms with Gasteiger partial charge in [0.05, 0.1) is 0 Å². The van der Waals surface area contributed by atoms with Crippen LogP contribution >= 0.6 is 0 Å². The van der Waals surface area contributed by atoms with Gasteiger partial charge in [0.25, 0.3) is 0 Å². The van der Waals surface area contributed by atoms with Crippen molar-refractivity contribution in [2.45, 2.75) is 58.9 Å². The summed E-state index contributed by atoms with van der Waals surface area (Å²) in [5.41, 5.74) is -0.0133. The Morgan fingerprint density at radius 2 is 1.80 bits per heavy atom. The van der Waals surface area contributed by atoms with Crippen LogP contribution in [0.2, 0.25) is 0 Å². The van der Waals surface area contributed by atoms with Gasteiger partial charge in [0, 0.05) is 19.1 Å². The van der Waals surface area contributed by atoms with Gasteiger partial charge in [-0.1, -0.05) is 27.2 Å². The molecule has 2 heterocycles. The molecule has 0 aromatic rings. The molecule has 0 aromatic carbocycles. The standard InChI is InChI=1S/C16H30N2O2/c1-16(2,3)14-11-13(7-10-18(14)15(19)20)12-17-8-5-4-6-9-17/h13-14H,4-12H2,1-3H3,(H,19,20)/p-1. The molecule has 116 valence electrons. The summed E-state index contributed by atoms with van der Waals surface area (Å²) < 4.78 is 0. The van der Waals surface area contributed by atoms with E-state index in [1.807, 2.05) is 0 Å². The molecule has 4 heteroatoms. The van der Waals surface area contributed by atoms with Gasteiger partial charge in [0.1, 0.15) is 6.09 Å². The zero-order valence-electron chi connectivity index (χ0n) is 13.2. The number of likely N-dealkylation sites (tertiary alicyclic amines) is 2. The molecule has 0 aliphatic carbocycles. The average Bonchev–Trinajstić information content (AvgIpc) is 2.38. The molecule has 0 aromatic heterocycles. The maximum absolute atomic E-state index is 11.3. The van der Waals surface area contributed by atoms with E-state index in [2.05, 4.69) is 25.7 Å². The quantitative estimate of drug-likeness (QED) is 0.777. The van der Waals surface area contributed by atoms with Crippen LogP contribution in [-0.2, 0) is 0 Å². The maximum atomic E-state index is 11.3. The van der Waals surface area contributed by atoms with Crippen LogP contribution in [0.4, 0.5) is 4.79 Å².